The molecule has 1 saturated heterocycles. The van der Waals surface area contributed by atoms with Crippen molar-refractivity contribution in [2.24, 2.45) is 5.92 Å². The third kappa shape index (κ3) is 4.71. The minimum atomic E-state index is 0.929. The van der Waals surface area contributed by atoms with E-state index < -0.39 is 0 Å². The SMILES string of the molecule is Cc1ccsc1CNCCCCC1CCOCC1. The van der Waals surface area contributed by atoms with Crippen LogP contribution in [0.5, 0.6) is 0 Å². The van der Waals surface area contributed by atoms with Gasteiger partial charge in [0.05, 0.1) is 0 Å². The maximum absolute atomic E-state index is 5.39. The molecule has 1 aliphatic heterocycles. The number of thiophene rings is 1. The van der Waals surface area contributed by atoms with Crippen LogP contribution in [0.1, 0.15) is 42.5 Å². The molecule has 0 aliphatic carbocycles. The molecule has 0 amide bonds. The van der Waals surface area contributed by atoms with Crippen LogP contribution >= 0.6 is 11.3 Å². The molecule has 2 nitrogen and oxygen atoms in total. The van der Waals surface area contributed by atoms with E-state index in [9.17, 15) is 0 Å². The second kappa shape index (κ2) is 7.93. The van der Waals surface area contributed by atoms with Gasteiger partial charge in [0.15, 0.2) is 0 Å². The summed E-state index contributed by atoms with van der Waals surface area (Å²) in [6.45, 7) is 6.36. The summed E-state index contributed by atoms with van der Waals surface area (Å²) < 4.78 is 5.39. The molecular weight excluding hydrogens is 242 g/mol. The van der Waals surface area contributed by atoms with Gasteiger partial charge in [-0.2, -0.15) is 0 Å². The van der Waals surface area contributed by atoms with E-state index in [2.05, 4.69) is 23.7 Å². The zero-order chi connectivity index (χ0) is 12.6. The van der Waals surface area contributed by atoms with Gasteiger partial charge in [-0.05, 0) is 55.7 Å². The average molecular weight is 267 g/mol. The third-order valence-corrected chi connectivity index (χ3v) is 4.83. The lowest BCUT2D eigenvalue weighted by Crippen LogP contribution is -2.17. The van der Waals surface area contributed by atoms with E-state index in [1.54, 1.807) is 0 Å². The highest BCUT2D eigenvalue weighted by Crippen LogP contribution is 2.20. The van der Waals surface area contributed by atoms with E-state index in [1.165, 1.54) is 42.5 Å². The average Bonchev–Trinajstić information content (AvgIpc) is 2.81. The van der Waals surface area contributed by atoms with Gasteiger partial charge in [-0.1, -0.05) is 12.8 Å². The minimum absolute atomic E-state index is 0.929. The van der Waals surface area contributed by atoms with Crippen LogP contribution in [-0.4, -0.2) is 19.8 Å². The normalized spacial score (nSPS) is 17.2. The number of nitrogens with one attached hydrogen (secondary N) is 1. The van der Waals surface area contributed by atoms with Crippen molar-refractivity contribution in [1.82, 2.24) is 5.32 Å². The quantitative estimate of drug-likeness (QED) is 0.760. The molecule has 0 bridgehead atoms. The molecule has 0 atom stereocenters. The summed E-state index contributed by atoms with van der Waals surface area (Å²) in [7, 11) is 0. The molecule has 2 heterocycles. The molecular formula is C15H25NOS. The fourth-order valence-electron chi connectivity index (χ4n) is 2.51. The highest BCUT2D eigenvalue weighted by molar-refractivity contribution is 7.10. The Labute approximate surface area is 115 Å². The van der Waals surface area contributed by atoms with Gasteiger partial charge in [-0.3, -0.25) is 0 Å². The van der Waals surface area contributed by atoms with Gasteiger partial charge in [0.1, 0.15) is 0 Å². The van der Waals surface area contributed by atoms with Crippen LogP contribution < -0.4 is 5.32 Å². The zero-order valence-corrected chi connectivity index (χ0v) is 12.2. The van der Waals surface area contributed by atoms with Crippen LogP contribution in [0.3, 0.4) is 0 Å². The molecule has 2 rings (SSSR count). The summed E-state index contributed by atoms with van der Waals surface area (Å²) in [5, 5.41) is 5.73. The predicted octanol–water partition coefficient (Wildman–Crippen LogP) is 3.74. The smallest absolute Gasteiger partial charge is 0.0468 e. The lowest BCUT2D eigenvalue weighted by Gasteiger charge is -2.21. The molecule has 102 valence electrons. The van der Waals surface area contributed by atoms with Crippen LogP contribution in [0, 0.1) is 12.8 Å². The van der Waals surface area contributed by atoms with E-state index in [4.69, 9.17) is 4.74 Å². The fraction of sp³-hybridized carbons (Fsp3) is 0.733. The number of unbranched alkanes of at least 4 members (excludes halogenated alkanes) is 1. The molecule has 0 radical (unpaired) electrons. The minimum Gasteiger partial charge on any atom is -0.381 e. The molecule has 18 heavy (non-hydrogen) atoms. The molecule has 1 aliphatic rings. The molecule has 0 aromatic carbocycles. The van der Waals surface area contributed by atoms with Crippen molar-refractivity contribution in [3.63, 3.8) is 0 Å². The lowest BCUT2D eigenvalue weighted by molar-refractivity contribution is 0.0632. The predicted molar refractivity (Wildman–Crippen MR) is 78.2 cm³/mol. The van der Waals surface area contributed by atoms with Crippen LogP contribution in [0.15, 0.2) is 11.4 Å². The van der Waals surface area contributed by atoms with Gasteiger partial charge in [-0.25, -0.2) is 0 Å². The molecule has 3 heteroatoms. The maximum Gasteiger partial charge on any atom is 0.0468 e. The standard InChI is InChI=1S/C15H25NOS/c1-13-7-11-18-15(13)12-16-8-3-2-4-14-5-9-17-10-6-14/h7,11,14,16H,2-6,8-10,12H2,1H3. The van der Waals surface area contributed by atoms with Crippen molar-refractivity contribution in [1.29, 1.82) is 0 Å². The van der Waals surface area contributed by atoms with Gasteiger partial charge in [0.25, 0.3) is 0 Å². The van der Waals surface area contributed by atoms with Crippen LogP contribution in [0.2, 0.25) is 0 Å². The van der Waals surface area contributed by atoms with Gasteiger partial charge in [0, 0.05) is 24.6 Å². The summed E-state index contributed by atoms with van der Waals surface area (Å²) in [6, 6.07) is 2.20. The van der Waals surface area contributed by atoms with Gasteiger partial charge in [-0.15, -0.1) is 11.3 Å². The summed E-state index contributed by atoms with van der Waals surface area (Å²) in [5.41, 5.74) is 1.43. The first-order valence-electron chi connectivity index (χ1n) is 7.17. The molecule has 0 spiro atoms. The van der Waals surface area contributed by atoms with E-state index in [0.717, 1.165) is 32.2 Å². The van der Waals surface area contributed by atoms with Crippen LogP contribution in [0.25, 0.3) is 0 Å². The Kier molecular flexibility index (Phi) is 6.18. The summed E-state index contributed by atoms with van der Waals surface area (Å²) in [4.78, 5) is 1.49. The lowest BCUT2D eigenvalue weighted by atomic mass is 9.94. The van der Waals surface area contributed by atoms with Crippen LogP contribution in [-0.2, 0) is 11.3 Å². The maximum atomic E-state index is 5.39. The molecule has 1 fully saturated rings. The number of aryl methyl sites for hydroxylation is 1. The molecule has 0 saturated carbocycles. The summed E-state index contributed by atoms with van der Waals surface area (Å²) >= 11 is 1.86. The van der Waals surface area contributed by atoms with E-state index >= 15 is 0 Å². The van der Waals surface area contributed by atoms with E-state index in [1.807, 2.05) is 11.3 Å². The van der Waals surface area contributed by atoms with E-state index in [0.29, 0.717) is 0 Å². The summed E-state index contributed by atoms with van der Waals surface area (Å²) in [6.07, 6.45) is 6.62. The molecule has 0 unspecified atom stereocenters. The Bertz CT molecular complexity index is 331. The molecule has 1 N–H and O–H groups in total. The van der Waals surface area contributed by atoms with Gasteiger partial charge in [0.2, 0.25) is 0 Å². The Morgan fingerprint density at radius 3 is 2.89 bits per heavy atom. The number of hydrogen-bond donors (Lipinski definition) is 1. The third-order valence-electron chi connectivity index (χ3n) is 3.81. The highest BCUT2D eigenvalue weighted by Gasteiger charge is 2.12. The molecule has 1 aromatic rings. The number of rotatable bonds is 7. The fourth-order valence-corrected chi connectivity index (χ4v) is 3.38. The first-order valence-corrected chi connectivity index (χ1v) is 8.05. The number of hydrogen-bond acceptors (Lipinski definition) is 3. The first-order chi connectivity index (χ1) is 8.86. The van der Waals surface area contributed by atoms with E-state index in [-0.39, 0.29) is 0 Å². The van der Waals surface area contributed by atoms with Crippen molar-refractivity contribution in [2.75, 3.05) is 19.8 Å². The van der Waals surface area contributed by atoms with Crippen molar-refractivity contribution < 1.29 is 4.74 Å². The van der Waals surface area contributed by atoms with Crippen molar-refractivity contribution >= 4 is 11.3 Å². The van der Waals surface area contributed by atoms with Gasteiger partial charge >= 0.3 is 0 Å². The Morgan fingerprint density at radius 1 is 1.33 bits per heavy atom. The topological polar surface area (TPSA) is 21.3 Å². The van der Waals surface area contributed by atoms with Crippen molar-refractivity contribution in [3.05, 3.63) is 21.9 Å². The molecule has 1 aromatic heterocycles. The Morgan fingerprint density at radius 2 is 2.17 bits per heavy atom. The zero-order valence-electron chi connectivity index (χ0n) is 11.4. The van der Waals surface area contributed by atoms with Crippen molar-refractivity contribution in [3.8, 4) is 0 Å². The summed E-state index contributed by atoms with van der Waals surface area (Å²) in [5.74, 6) is 0.929. The second-order valence-corrected chi connectivity index (χ2v) is 6.26. The Hall–Kier alpha value is -0.380. The van der Waals surface area contributed by atoms with Crippen molar-refractivity contribution in [2.45, 2.75) is 45.6 Å². The first kappa shape index (κ1) is 14.0. The largest absolute Gasteiger partial charge is 0.381 e. The Balaban J connectivity index is 1.47. The highest BCUT2D eigenvalue weighted by atomic mass is 32.1. The van der Waals surface area contributed by atoms with Crippen LogP contribution in [0.4, 0.5) is 0 Å². The monoisotopic (exact) mass is 267 g/mol. The second-order valence-electron chi connectivity index (χ2n) is 5.26. The number of ether oxygens (including phenoxy) is 1. The van der Waals surface area contributed by atoms with Gasteiger partial charge < -0.3 is 10.1 Å².